The van der Waals surface area contributed by atoms with Crippen LogP contribution < -0.4 is 0 Å². The van der Waals surface area contributed by atoms with Gasteiger partial charge in [-0.05, 0) is 65.5 Å². The van der Waals surface area contributed by atoms with Gasteiger partial charge in [-0.1, -0.05) is 45.9 Å². The summed E-state index contributed by atoms with van der Waals surface area (Å²) in [6.07, 6.45) is 2.33. The zero-order chi connectivity index (χ0) is 20.0. The third-order valence-corrected chi connectivity index (χ3v) is 5.64. The van der Waals surface area contributed by atoms with Crippen LogP contribution in [-0.2, 0) is 15.6 Å². The van der Waals surface area contributed by atoms with Crippen LogP contribution in [0.25, 0.3) is 0 Å². The number of rotatable bonds is 4. The first-order valence-electron chi connectivity index (χ1n) is 9.45. The van der Waals surface area contributed by atoms with E-state index >= 15 is 0 Å². The van der Waals surface area contributed by atoms with Crippen LogP contribution >= 0.6 is 0 Å². The van der Waals surface area contributed by atoms with Crippen LogP contribution in [0.3, 0.4) is 0 Å². The highest BCUT2D eigenvalue weighted by atomic mass is 16.5. The second kappa shape index (κ2) is 6.63. The number of hydrogen-bond acceptors (Lipinski definition) is 3. The van der Waals surface area contributed by atoms with Gasteiger partial charge in [-0.3, -0.25) is 4.79 Å². The van der Waals surface area contributed by atoms with Crippen molar-refractivity contribution in [2.24, 2.45) is 0 Å². The molecule has 2 aromatic carbocycles. The van der Waals surface area contributed by atoms with Crippen molar-refractivity contribution >= 4 is 11.8 Å². The van der Waals surface area contributed by atoms with Gasteiger partial charge in [-0.25, -0.2) is 4.79 Å². The van der Waals surface area contributed by atoms with E-state index in [4.69, 9.17) is 4.74 Å². The lowest BCUT2D eigenvalue weighted by Crippen LogP contribution is -2.20. The van der Waals surface area contributed by atoms with Gasteiger partial charge in [0.05, 0.1) is 12.7 Å². The van der Waals surface area contributed by atoms with E-state index in [1.807, 2.05) is 6.92 Å². The number of aryl methyl sites for hydroxylation is 1. The van der Waals surface area contributed by atoms with Crippen LogP contribution in [0.15, 0.2) is 36.4 Å². The van der Waals surface area contributed by atoms with Gasteiger partial charge in [-0.2, -0.15) is 0 Å². The molecule has 142 valence electrons. The third-order valence-electron chi connectivity index (χ3n) is 5.64. The number of carbonyl (C=O) groups excluding carboxylic acids is 2. The Bertz CT molecular complexity index is 894. The number of hydrogen-bond donors (Lipinski definition) is 0. The molecule has 0 unspecified atom stereocenters. The summed E-state index contributed by atoms with van der Waals surface area (Å²) >= 11 is 0. The van der Waals surface area contributed by atoms with Crippen LogP contribution in [0.4, 0.5) is 0 Å². The maximum atomic E-state index is 13.2. The van der Waals surface area contributed by atoms with Crippen molar-refractivity contribution < 1.29 is 14.3 Å². The number of ether oxygens (including phenoxy) is 1. The van der Waals surface area contributed by atoms with Crippen LogP contribution in [0.1, 0.15) is 83.5 Å². The Morgan fingerprint density at radius 1 is 1.00 bits per heavy atom. The zero-order valence-electron chi connectivity index (χ0n) is 17.1. The lowest BCUT2D eigenvalue weighted by Gasteiger charge is -2.27. The Balaban J connectivity index is 2.04. The summed E-state index contributed by atoms with van der Waals surface area (Å²) in [7, 11) is 1.35. The van der Waals surface area contributed by atoms with E-state index in [1.54, 1.807) is 24.3 Å². The van der Waals surface area contributed by atoms with Crippen molar-refractivity contribution in [2.45, 2.75) is 58.3 Å². The maximum Gasteiger partial charge on any atom is 0.337 e. The van der Waals surface area contributed by atoms with Crippen molar-refractivity contribution in [2.75, 3.05) is 7.11 Å². The van der Waals surface area contributed by atoms with Crippen molar-refractivity contribution in [1.82, 2.24) is 0 Å². The number of benzene rings is 2. The highest BCUT2D eigenvalue weighted by Gasteiger charge is 2.42. The molecule has 2 aromatic rings. The molecule has 0 bridgehead atoms. The number of methoxy groups -OCH3 is 1. The summed E-state index contributed by atoms with van der Waals surface area (Å²) in [5, 5.41) is 0. The van der Waals surface area contributed by atoms with Gasteiger partial charge in [-0.15, -0.1) is 0 Å². The van der Waals surface area contributed by atoms with E-state index in [1.165, 1.54) is 31.1 Å². The molecule has 0 atom stereocenters. The van der Waals surface area contributed by atoms with Gasteiger partial charge in [0.15, 0.2) is 5.78 Å². The van der Waals surface area contributed by atoms with Gasteiger partial charge >= 0.3 is 5.97 Å². The molecule has 1 aliphatic carbocycles. The Morgan fingerprint density at radius 3 is 2.04 bits per heavy atom. The molecule has 0 saturated heterocycles. The Labute approximate surface area is 161 Å². The molecule has 0 heterocycles. The highest BCUT2D eigenvalue weighted by Crippen LogP contribution is 2.51. The lowest BCUT2D eigenvalue weighted by atomic mass is 9.77. The summed E-state index contributed by atoms with van der Waals surface area (Å²) in [4.78, 5) is 24.8. The fourth-order valence-corrected chi connectivity index (χ4v) is 3.56. The molecule has 0 aliphatic heterocycles. The molecular formula is C24H28O3. The largest absolute Gasteiger partial charge is 0.465 e. The number of carbonyl (C=O) groups is 2. The van der Waals surface area contributed by atoms with Gasteiger partial charge in [0.1, 0.15) is 0 Å². The summed E-state index contributed by atoms with van der Waals surface area (Å²) in [6.45, 7) is 11.0. The minimum atomic E-state index is -0.399. The highest BCUT2D eigenvalue weighted by molar-refractivity contribution is 6.10. The molecule has 0 amide bonds. The number of ketones is 1. The first kappa shape index (κ1) is 19.3. The fourth-order valence-electron chi connectivity index (χ4n) is 3.56. The van der Waals surface area contributed by atoms with E-state index in [2.05, 4.69) is 39.8 Å². The van der Waals surface area contributed by atoms with Crippen LogP contribution in [0, 0.1) is 6.92 Å². The normalized spacial score (nSPS) is 15.3. The van der Waals surface area contributed by atoms with Gasteiger partial charge in [0.25, 0.3) is 0 Å². The summed E-state index contributed by atoms with van der Waals surface area (Å²) in [5.41, 5.74) is 5.62. The van der Waals surface area contributed by atoms with Gasteiger partial charge in [0.2, 0.25) is 0 Å². The number of esters is 1. The minimum Gasteiger partial charge on any atom is -0.465 e. The first-order chi connectivity index (χ1) is 12.6. The SMILES string of the molecule is COC(=O)c1ccc(C(=O)c2cc(C3(C)CC3)c(C(C)(C)C)cc2C)cc1. The van der Waals surface area contributed by atoms with Crippen molar-refractivity contribution in [3.05, 3.63) is 69.8 Å². The summed E-state index contributed by atoms with van der Waals surface area (Å²) in [6, 6.07) is 11.0. The standard InChI is InChI=1S/C24H28O3/c1-15-13-19(23(2,3)4)20(24(5)11-12-24)14-18(15)21(25)16-7-9-17(10-8-16)22(26)27-6/h7-10,13-14H,11-12H2,1-6H3. The molecule has 0 spiro atoms. The zero-order valence-corrected chi connectivity index (χ0v) is 17.1. The second-order valence-electron chi connectivity index (χ2n) is 8.92. The molecule has 1 aliphatic rings. The minimum absolute atomic E-state index is 0.00475. The van der Waals surface area contributed by atoms with Crippen LogP contribution in [0.5, 0.6) is 0 Å². The van der Waals surface area contributed by atoms with Crippen LogP contribution in [0.2, 0.25) is 0 Å². The third kappa shape index (κ3) is 3.69. The molecule has 1 fully saturated rings. The Morgan fingerprint density at radius 2 is 1.56 bits per heavy atom. The van der Waals surface area contributed by atoms with E-state index < -0.39 is 5.97 Å². The van der Waals surface area contributed by atoms with Crippen LogP contribution in [-0.4, -0.2) is 18.9 Å². The van der Waals surface area contributed by atoms with E-state index in [9.17, 15) is 9.59 Å². The quantitative estimate of drug-likeness (QED) is 0.542. The molecule has 1 saturated carbocycles. The predicted molar refractivity (Wildman–Crippen MR) is 108 cm³/mol. The molecule has 27 heavy (non-hydrogen) atoms. The summed E-state index contributed by atoms with van der Waals surface area (Å²) in [5.74, 6) is -0.404. The van der Waals surface area contributed by atoms with E-state index in [-0.39, 0.29) is 16.6 Å². The average Bonchev–Trinajstić information content (AvgIpc) is 3.38. The topological polar surface area (TPSA) is 43.4 Å². The smallest absolute Gasteiger partial charge is 0.337 e. The second-order valence-corrected chi connectivity index (χ2v) is 8.92. The first-order valence-corrected chi connectivity index (χ1v) is 9.45. The summed E-state index contributed by atoms with van der Waals surface area (Å²) < 4.78 is 4.72. The van der Waals surface area contributed by atoms with E-state index in [0.29, 0.717) is 11.1 Å². The molecule has 0 N–H and O–H groups in total. The molecule has 0 radical (unpaired) electrons. The molecule has 3 rings (SSSR count). The van der Waals surface area contributed by atoms with Gasteiger partial charge in [0, 0.05) is 11.1 Å². The van der Waals surface area contributed by atoms with E-state index in [0.717, 1.165) is 11.1 Å². The molecular weight excluding hydrogens is 336 g/mol. The van der Waals surface area contributed by atoms with Crippen molar-refractivity contribution in [3.63, 3.8) is 0 Å². The monoisotopic (exact) mass is 364 g/mol. The van der Waals surface area contributed by atoms with Crippen molar-refractivity contribution in [3.8, 4) is 0 Å². The predicted octanol–water partition coefficient (Wildman–Crippen LogP) is 5.36. The van der Waals surface area contributed by atoms with Crippen molar-refractivity contribution in [1.29, 1.82) is 0 Å². The average molecular weight is 364 g/mol. The Hall–Kier alpha value is -2.42. The molecule has 0 aromatic heterocycles. The van der Waals surface area contributed by atoms with Gasteiger partial charge < -0.3 is 4.74 Å². The fraction of sp³-hybridized carbons (Fsp3) is 0.417. The molecule has 3 nitrogen and oxygen atoms in total. The lowest BCUT2D eigenvalue weighted by molar-refractivity contribution is 0.0600. The molecule has 3 heteroatoms. The maximum absolute atomic E-state index is 13.2. The Kier molecular flexibility index (Phi) is 4.75.